The number of anilines is 1. The van der Waals surface area contributed by atoms with Gasteiger partial charge >= 0.3 is 0 Å². The van der Waals surface area contributed by atoms with E-state index in [4.69, 9.17) is 0 Å². The van der Waals surface area contributed by atoms with E-state index in [1.807, 2.05) is 0 Å². The average molecular weight is 367 g/mol. The zero-order chi connectivity index (χ0) is 17.4. The Bertz CT molecular complexity index is 968. The molecule has 1 atom stereocenters. The highest BCUT2D eigenvalue weighted by Crippen LogP contribution is 2.29. The van der Waals surface area contributed by atoms with Crippen LogP contribution in [0.3, 0.4) is 0 Å². The van der Waals surface area contributed by atoms with Crippen molar-refractivity contribution < 1.29 is 21.2 Å². The molecular formula is C16H14FNO4S2. The minimum Gasteiger partial charge on any atom is -0.258 e. The number of sulfonamides is 1. The Hall–Kier alpha value is -2.19. The maximum absolute atomic E-state index is 13.1. The van der Waals surface area contributed by atoms with Crippen LogP contribution in [0.4, 0.5) is 10.1 Å². The molecule has 0 aromatic heterocycles. The maximum Gasteiger partial charge on any atom is 0.264 e. The van der Waals surface area contributed by atoms with E-state index in [1.54, 1.807) is 30.3 Å². The molecule has 126 valence electrons. The Morgan fingerprint density at radius 3 is 2.17 bits per heavy atom. The van der Waals surface area contributed by atoms with Crippen molar-refractivity contribution in [1.82, 2.24) is 0 Å². The summed E-state index contributed by atoms with van der Waals surface area (Å²) in [6.07, 6.45) is 1.35. The fraction of sp³-hybridized carbons (Fsp3) is 0.125. The van der Waals surface area contributed by atoms with Crippen molar-refractivity contribution in [2.75, 3.05) is 10.1 Å². The number of para-hydroxylation sites is 1. The summed E-state index contributed by atoms with van der Waals surface area (Å²) >= 11 is 0. The van der Waals surface area contributed by atoms with Gasteiger partial charge in [-0.3, -0.25) is 4.31 Å². The minimum atomic E-state index is -4.05. The summed E-state index contributed by atoms with van der Waals surface area (Å²) < 4.78 is 63.6. The van der Waals surface area contributed by atoms with E-state index < -0.39 is 31.7 Å². The molecule has 0 fully saturated rings. The first-order valence-electron chi connectivity index (χ1n) is 7.06. The lowest BCUT2D eigenvalue weighted by Crippen LogP contribution is -2.41. The molecule has 5 nitrogen and oxygen atoms in total. The third kappa shape index (κ3) is 3.20. The first kappa shape index (κ1) is 16.7. The van der Waals surface area contributed by atoms with Crippen LogP contribution >= 0.6 is 0 Å². The van der Waals surface area contributed by atoms with Crippen LogP contribution in [0.5, 0.6) is 0 Å². The van der Waals surface area contributed by atoms with Crippen LogP contribution in [0.15, 0.2) is 71.0 Å². The standard InChI is InChI=1S/C16H14FNO4S2/c17-13-6-8-16(9-7-13)24(21,22)18(14-4-2-1-3-5-14)15-10-11-23(19,20)12-15/h1-11,15H,12H2/t15-/m1/s1. The Kier molecular flexibility index (Phi) is 4.18. The van der Waals surface area contributed by atoms with Gasteiger partial charge in [-0.2, -0.15) is 0 Å². The molecule has 0 radical (unpaired) electrons. The first-order chi connectivity index (χ1) is 11.3. The summed E-state index contributed by atoms with van der Waals surface area (Å²) in [4.78, 5) is -0.106. The molecule has 1 aliphatic heterocycles. The zero-order valence-corrected chi connectivity index (χ0v) is 14.0. The van der Waals surface area contributed by atoms with Gasteiger partial charge in [0.15, 0.2) is 9.84 Å². The van der Waals surface area contributed by atoms with Crippen molar-refractivity contribution in [1.29, 1.82) is 0 Å². The van der Waals surface area contributed by atoms with Crippen molar-refractivity contribution in [3.63, 3.8) is 0 Å². The number of sulfone groups is 1. The number of hydrogen-bond donors (Lipinski definition) is 0. The molecule has 1 heterocycles. The number of halogens is 1. The van der Waals surface area contributed by atoms with E-state index in [0.717, 1.165) is 34.0 Å². The molecule has 0 amide bonds. The normalized spacial score (nSPS) is 19.3. The molecule has 24 heavy (non-hydrogen) atoms. The van der Waals surface area contributed by atoms with E-state index in [0.29, 0.717) is 5.69 Å². The van der Waals surface area contributed by atoms with Crippen LogP contribution in [0.25, 0.3) is 0 Å². The van der Waals surface area contributed by atoms with Gasteiger partial charge in [0.25, 0.3) is 10.0 Å². The zero-order valence-electron chi connectivity index (χ0n) is 12.4. The molecule has 8 heteroatoms. The molecular weight excluding hydrogens is 353 g/mol. The van der Waals surface area contributed by atoms with Crippen LogP contribution in [0, 0.1) is 5.82 Å². The summed E-state index contributed by atoms with van der Waals surface area (Å²) in [7, 11) is -7.50. The molecule has 0 N–H and O–H groups in total. The van der Waals surface area contributed by atoms with Crippen molar-refractivity contribution in [2.45, 2.75) is 10.9 Å². The van der Waals surface area contributed by atoms with E-state index in [2.05, 4.69) is 0 Å². The summed E-state index contributed by atoms with van der Waals surface area (Å²) in [6.45, 7) is 0. The molecule has 0 spiro atoms. The lowest BCUT2D eigenvalue weighted by Gasteiger charge is -2.29. The van der Waals surface area contributed by atoms with Crippen LogP contribution in [-0.2, 0) is 19.9 Å². The van der Waals surface area contributed by atoms with E-state index in [1.165, 1.54) is 6.08 Å². The van der Waals surface area contributed by atoms with Crippen LogP contribution in [-0.4, -0.2) is 28.6 Å². The second-order valence-corrected chi connectivity index (χ2v) is 9.06. The molecule has 0 aliphatic carbocycles. The van der Waals surface area contributed by atoms with Crippen LogP contribution < -0.4 is 4.31 Å². The summed E-state index contributed by atoms with van der Waals surface area (Å²) in [5, 5.41) is 1.02. The molecule has 2 aromatic rings. The number of rotatable bonds is 4. The predicted molar refractivity (Wildman–Crippen MR) is 89.2 cm³/mol. The lowest BCUT2D eigenvalue weighted by molar-refractivity contribution is 0.585. The molecule has 0 saturated heterocycles. The Morgan fingerprint density at radius 2 is 1.62 bits per heavy atom. The quantitative estimate of drug-likeness (QED) is 0.832. The van der Waals surface area contributed by atoms with Crippen LogP contribution in [0.2, 0.25) is 0 Å². The van der Waals surface area contributed by atoms with Gasteiger partial charge in [-0.25, -0.2) is 21.2 Å². The summed E-state index contributed by atoms with van der Waals surface area (Å²) in [5.74, 6) is -0.883. The van der Waals surface area contributed by atoms with Gasteiger partial charge in [-0.1, -0.05) is 18.2 Å². The van der Waals surface area contributed by atoms with Gasteiger partial charge in [0.2, 0.25) is 0 Å². The van der Waals surface area contributed by atoms with Gasteiger partial charge in [0.1, 0.15) is 5.82 Å². The van der Waals surface area contributed by atoms with Gasteiger partial charge in [0.05, 0.1) is 22.4 Å². The Morgan fingerprint density at radius 1 is 1.00 bits per heavy atom. The van der Waals surface area contributed by atoms with Crippen molar-refractivity contribution in [2.24, 2.45) is 0 Å². The van der Waals surface area contributed by atoms with E-state index >= 15 is 0 Å². The van der Waals surface area contributed by atoms with Crippen LogP contribution in [0.1, 0.15) is 0 Å². The van der Waals surface area contributed by atoms with Crippen molar-refractivity contribution in [3.8, 4) is 0 Å². The summed E-state index contributed by atoms with van der Waals surface area (Å²) in [5.41, 5.74) is 0.341. The van der Waals surface area contributed by atoms with Crippen molar-refractivity contribution >= 4 is 25.5 Å². The topological polar surface area (TPSA) is 71.5 Å². The van der Waals surface area contributed by atoms with Crippen molar-refractivity contribution in [3.05, 3.63) is 71.9 Å². The Labute approximate surface area is 140 Å². The Balaban J connectivity index is 2.11. The largest absolute Gasteiger partial charge is 0.264 e. The lowest BCUT2D eigenvalue weighted by atomic mass is 10.2. The fourth-order valence-electron chi connectivity index (χ4n) is 2.51. The molecule has 0 unspecified atom stereocenters. The first-order valence-corrected chi connectivity index (χ1v) is 10.2. The molecule has 3 rings (SSSR count). The molecule has 2 aromatic carbocycles. The minimum absolute atomic E-state index is 0.106. The SMILES string of the molecule is O=S1(=O)C=C[C@@H](N(c2ccccc2)S(=O)(=O)c2ccc(F)cc2)C1. The second-order valence-electron chi connectivity index (χ2n) is 5.32. The number of hydrogen-bond acceptors (Lipinski definition) is 4. The van der Waals surface area contributed by atoms with E-state index in [-0.39, 0.29) is 10.6 Å². The van der Waals surface area contributed by atoms with E-state index in [9.17, 15) is 21.2 Å². The van der Waals surface area contributed by atoms with Gasteiger partial charge in [-0.05, 0) is 42.5 Å². The number of benzene rings is 2. The third-order valence-corrected chi connectivity index (χ3v) is 6.84. The number of nitrogens with zero attached hydrogens (tertiary/aromatic N) is 1. The smallest absolute Gasteiger partial charge is 0.258 e. The highest BCUT2D eigenvalue weighted by molar-refractivity contribution is 7.95. The fourth-order valence-corrected chi connectivity index (χ4v) is 5.48. The second kappa shape index (κ2) is 6.03. The molecule has 1 aliphatic rings. The molecule has 0 bridgehead atoms. The maximum atomic E-state index is 13.1. The van der Waals surface area contributed by atoms with Gasteiger partial charge in [0, 0.05) is 5.41 Å². The van der Waals surface area contributed by atoms with Gasteiger partial charge in [-0.15, -0.1) is 0 Å². The third-order valence-electron chi connectivity index (χ3n) is 3.59. The monoisotopic (exact) mass is 367 g/mol. The van der Waals surface area contributed by atoms with Gasteiger partial charge < -0.3 is 0 Å². The highest BCUT2D eigenvalue weighted by atomic mass is 32.2. The molecule has 0 saturated carbocycles. The average Bonchev–Trinajstić information content (AvgIpc) is 2.88. The highest BCUT2D eigenvalue weighted by Gasteiger charge is 2.35. The summed E-state index contributed by atoms with van der Waals surface area (Å²) in [6, 6.07) is 11.8. The predicted octanol–water partition coefficient (Wildman–Crippen LogP) is 2.33.